The molecule has 0 unspecified atom stereocenters. The number of pyridine rings is 1. The van der Waals surface area contributed by atoms with Gasteiger partial charge in [-0.2, -0.15) is 13.2 Å². The van der Waals surface area contributed by atoms with E-state index in [9.17, 15) is 22.2 Å². The number of hydrogen-bond acceptors (Lipinski definition) is 5. The number of nitrogens with one attached hydrogen (secondary N) is 1. The summed E-state index contributed by atoms with van der Waals surface area (Å²) in [5.41, 5.74) is 1.73. The molecule has 0 fully saturated rings. The van der Waals surface area contributed by atoms with Crippen LogP contribution in [0.15, 0.2) is 18.3 Å². The van der Waals surface area contributed by atoms with Crippen LogP contribution in [-0.4, -0.2) is 42.6 Å². The summed E-state index contributed by atoms with van der Waals surface area (Å²) in [5, 5.41) is 0. The summed E-state index contributed by atoms with van der Waals surface area (Å²) in [6, 6.07) is 1.36. The molecule has 2 aromatic rings. The molecule has 1 aliphatic carbocycles. The van der Waals surface area contributed by atoms with Crippen LogP contribution in [0, 0.1) is 6.92 Å². The lowest BCUT2D eigenvalue weighted by Crippen LogP contribution is -2.19. The molecular formula is C16H12F3N3O3S. The Morgan fingerprint density at radius 1 is 1.31 bits per heavy atom. The SMILES string of the molecule is Cc1c(OCC(F)(F)F)ccnc1Cc1nc2c([nH]1)C=CC(=O)C2=S=O. The molecule has 1 N–H and O–H groups in total. The average Bonchev–Trinajstić information content (AvgIpc) is 2.97. The molecule has 2 aromatic heterocycles. The minimum absolute atomic E-state index is 0.00283. The quantitative estimate of drug-likeness (QED) is 0.816. The van der Waals surface area contributed by atoms with E-state index in [2.05, 4.69) is 15.0 Å². The Bertz CT molecular complexity index is 959. The molecule has 0 atom stereocenters. The van der Waals surface area contributed by atoms with Crippen LogP contribution in [0.4, 0.5) is 13.2 Å². The molecule has 1 aliphatic rings. The van der Waals surface area contributed by atoms with Crippen LogP contribution in [-0.2, 0) is 22.5 Å². The van der Waals surface area contributed by atoms with Crippen LogP contribution >= 0.6 is 0 Å². The van der Waals surface area contributed by atoms with Crippen molar-refractivity contribution in [3.8, 4) is 5.75 Å². The van der Waals surface area contributed by atoms with Crippen molar-refractivity contribution in [1.29, 1.82) is 0 Å². The Morgan fingerprint density at radius 2 is 2.08 bits per heavy atom. The molecule has 0 aromatic carbocycles. The normalized spacial score (nSPS) is 13.7. The van der Waals surface area contributed by atoms with Gasteiger partial charge in [0, 0.05) is 18.2 Å². The number of ether oxygens (including phenoxy) is 1. The standard InChI is InChI=1S/C16H12F3N3O3S/c1-8-10(20-5-4-12(8)25-7-16(17,18)19)6-13-21-9-2-3-11(23)15(26-24)14(9)22-13/h2-5H,6-7H2,1H3,(H,21,22). The summed E-state index contributed by atoms with van der Waals surface area (Å²) in [6.07, 6.45) is -0.0973. The zero-order valence-electron chi connectivity index (χ0n) is 13.4. The van der Waals surface area contributed by atoms with Gasteiger partial charge in [0.2, 0.25) is 5.78 Å². The minimum atomic E-state index is -4.43. The van der Waals surface area contributed by atoms with Crippen molar-refractivity contribution in [3.05, 3.63) is 46.8 Å². The van der Waals surface area contributed by atoms with Crippen molar-refractivity contribution in [3.63, 3.8) is 0 Å². The topological polar surface area (TPSA) is 84.9 Å². The largest absolute Gasteiger partial charge is 0.484 e. The fourth-order valence-corrected chi connectivity index (χ4v) is 2.84. The summed E-state index contributed by atoms with van der Waals surface area (Å²) in [7, 11) is 0. The predicted octanol–water partition coefficient (Wildman–Crippen LogP) is 1.97. The molecule has 0 aliphatic heterocycles. The number of carbonyl (C=O) groups excluding carboxylic acids is 1. The number of allylic oxidation sites excluding steroid dienone is 1. The van der Waals surface area contributed by atoms with Crippen LogP contribution in [0.1, 0.15) is 28.5 Å². The Morgan fingerprint density at radius 3 is 2.77 bits per heavy atom. The number of carbonyl (C=O) groups is 1. The second kappa shape index (κ2) is 6.87. The molecule has 0 radical (unpaired) electrons. The first-order chi connectivity index (χ1) is 12.3. The first-order valence-electron chi connectivity index (χ1n) is 7.41. The summed E-state index contributed by atoms with van der Waals surface area (Å²) in [6.45, 7) is 0.212. The number of rotatable bonds is 4. The van der Waals surface area contributed by atoms with Crippen molar-refractivity contribution in [2.45, 2.75) is 19.5 Å². The number of halogens is 3. The lowest BCUT2D eigenvalue weighted by Gasteiger charge is -2.13. The van der Waals surface area contributed by atoms with Gasteiger partial charge in [0.25, 0.3) is 0 Å². The summed E-state index contributed by atoms with van der Waals surface area (Å²) in [5.74, 6) is 0.109. The van der Waals surface area contributed by atoms with Gasteiger partial charge in [0.1, 0.15) is 33.4 Å². The molecule has 2 heterocycles. The number of imidazole rings is 1. The highest BCUT2D eigenvalue weighted by Gasteiger charge is 2.29. The molecular weight excluding hydrogens is 371 g/mol. The molecule has 0 saturated carbocycles. The number of H-pyrrole nitrogens is 1. The Labute approximate surface area is 149 Å². The molecule has 0 saturated heterocycles. The van der Waals surface area contributed by atoms with Crippen LogP contribution < -0.4 is 4.74 Å². The smallest absolute Gasteiger partial charge is 0.422 e. The van der Waals surface area contributed by atoms with Crippen LogP contribution in [0.25, 0.3) is 6.08 Å². The maximum absolute atomic E-state index is 12.3. The Hall–Kier alpha value is -2.75. The number of fused-ring (bicyclic) bond motifs is 1. The third-order valence-corrected chi connectivity index (χ3v) is 4.25. The van der Waals surface area contributed by atoms with E-state index >= 15 is 0 Å². The highest BCUT2D eigenvalue weighted by Crippen LogP contribution is 2.25. The monoisotopic (exact) mass is 383 g/mol. The van der Waals surface area contributed by atoms with Gasteiger partial charge < -0.3 is 9.72 Å². The number of aromatic nitrogens is 3. The van der Waals surface area contributed by atoms with E-state index in [1.54, 1.807) is 6.92 Å². The molecule has 6 nitrogen and oxygen atoms in total. The van der Waals surface area contributed by atoms with Crippen molar-refractivity contribution < 1.29 is 26.9 Å². The third-order valence-electron chi connectivity index (χ3n) is 3.69. The van der Waals surface area contributed by atoms with Gasteiger partial charge in [-0.3, -0.25) is 9.78 Å². The fraction of sp³-hybridized carbons (Fsp3) is 0.250. The van der Waals surface area contributed by atoms with E-state index in [0.29, 0.717) is 22.8 Å². The first kappa shape index (κ1) is 18.1. The van der Waals surface area contributed by atoms with E-state index < -0.39 is 18.6 Å². The summed E-state index contributed by atoms with van der Waals surface area (Å²) in [4.78, 5) is 23.1. The zero-order chi connectivity index (χ0) is 18.9. The minimum Gasteiger partial charge on any atom is -0.484 e. The van der Waals surface area contributed by atoms with Crippen LogP contribution in [0.2, 0.25) is 0 Å². The van der Waals surface area contributed by atoms with Crippen LogP contribution in [0.3, 0.4) is 0 Å². The number of hydrogen-bond donors (Lipinski definition) is 1. The number of nitrogens with zero attached hydrogens (tertiary/aromatic N) is 2. The number of aromatic amines is 1. The second-order valence-electron chi connectivity index (χ2n) is 5.52. The van der Waals surface area contributed by atoms with Crippen molar-refractivity contribution in [2.75, 3.05) is 6.61 Å². The van der Waals surface area contributed by atoms with Gasteiger partial charge in [0.05, 0.1) is 11.4 Å². The fourth-order valence-electron chi connectivity index (χ4n) is 2.46. The van der Waals surface area contributed by atoms with E-state index in [4.69, 9.17) is 4.74 Å². The highest BCUT2D eigenvalue weighted by molar-refractivity contribution is 7.69. The van der Waals surface area contributed by atoms with Gasteiger partial charge in [-0.1, -0.05) is 0 Å². The third kappa shape index (κ3) is 3.74. The van der Waals surface area contributed by atoms with Crippen molar-refractivity contribution in [1.82, 2.24) is 15.0 Å². The lowest BCUT2D eigenvalue weighted by molar-refractivity contribution is -0.153. The zero-order valence-corrected chi connectivity index (χ0v) is 14.2. The van der Waals surface area contributed by atoms with Crippen molar-refractivity contribution in [2.24, 2.45) is 0 Å². The lowest BCUT2D eigenvalue weighted by atomic mass is 10.1. The first-order valence-corrected chi connectivity index (χ1v) is 8.15. The molecule has 136 valence electrons. The van der Waals surface area contributed by atoms with Gasteiger partial charge in [0.15, 0.2) is 6.61 Å². The van der Waals surface area contributed by atoms with Gasteiger partial charge in [-0.25, -0.2) is 9.19 Å². The molecule has 0 amide bonds. The second-order valence-corrected chi connectivity index (χ2v) is 6.09. The highest BCUT2D eigenvalue weighted by atomic mass is 32.1. The average molecular weight is 383 g/mol. The predicted molar refractivity (Wildman–Crippen MR) is 88.2 cm³/mol. The maximum atomic E-state index is 12.3. The van der Waals surface area contributed by atoms with Gasteiger partial charge in [-0.15, -0.1) is 0 Å². The van der Waals surface area contributed by atoms with Crippen molar-refractivity contribution >= 4 is 28.0 Å². The van der Waals surface area contributed by atoms with Gasteiger partial charge in [-0.05, 0) is 25.1 Å². The van der Waals surface area contributed by atoms with Crippen LogP contribution in [0.5, 0.6) is 5.75 Å². The Balaban J connectivity index is 1.86. The van der Waals surface area contributed by atoms with E-state index in [0.717, 1.165) is 0 Å². The molecule has 26 heavy (non-hydrogen) atoms. The number of alkyl halides is 3. The van der Waals surface area contributed by atoms with Gasteiger partial charge >= 0.3 is 6.18 Å². The Kier molecular flexibility index (Phi) is 4.77. The molecule has 0 bridgehead atoms. The molecule has 3 rings (SSSR count). The van der Waals surface area contributed by atoms with E-state index in [1.165, 1.54) is 24.4 Å². The summed E-state index contributed by atoms with van der Waals surface area (Å²) >= 11 is 0.0719. The molecule has 0 spiro atoms. The van der Waals surface area contributed by atoms with E-state index in [1.807, 2.05) is 0 Å². The summed E-state index contributed by atoms with van der Waals surface area (Å²) < 4.78 is 52.9. The van der Waals surface area contributed by atoms with E-state index in [-0.39, 0.29) is 34.0 Å². The molecule has 10 heteroatoms. The number of ketones is 1. The maximum Gasteiger partial charge on any atom is 0.422 e.